The fourth-order valence-electron chi connectivity index (χ4n) is 5.16. The summed E-state index contributed by atoms with van der Waals surface area (Å²) in [6.45, 7) is 5.14. The summed E-state index contributed by atoms with van der Waals surface area (Å²) in [5, 5.41) is 0.728. The lowest BCUT2D eigenvalue weighted by Crippen LogP contribution is -2.39. The Balaban J connectivity index is 1.22. The van der Waals surface area contributed by atoms with Crippen molar-refractivity contribution in [2.75, 3.05) is 26.2 Å². The summed E-state index contributed by atoms with van der Waals surface area (Å²) in [4.78, 5) is 17.8. The van der Waals surface area contributed by atoms with Crippen LogP contribution in [0.4, 0.5) is 0 Å². The molecule has 0 saturated carbocycles. The van der Waals surface area contributed by atoms with Gasteiger partial charge in [0.25, 0.3) is 5.91 Å². The molecule has 2 heterocycles. The van der Waals surface area contributed by atoms with Crippen molar-refractivity contribution >= 4 is 17.5 Å². The first-order valence-corrected chi connectivity index (χ1v) is 12.5. The van der Waals surface area contributed by atoms with Crippen molar-refractivity contribution < 1.29 is 4.79 Å². The highest BCUT2D eigenvalue weighted by atomic mass is 35.5. The number of nitrogens with zero attached hydrogens (tertiary/aromatic N) is 2. The molecule has 5 rings (SSSR count). The van der Waals surface area contributed by atoms with Crippen LogP contribution in [0.1, 0.15) is 53.1 Å². The number of benzene rings is 3. The van der Waals surface area contributed by atoms with E-state index >= 15 is 0 Å². The third-order valence-electron chi connectivity index (χ3n) is 7.07. The van der Waals surface area contributed by atoms with Crippen LogP contribution >= 0.6 is 11.6 Å². The van der Waals surface area contributed by atoms with E-state index in [9.17, 15) is 4.79 Å². The number of halogens is 1. The van der Waals surface area contributed by atoms with Gasteiger partial charge in [0.2, 0.25) is 0 Å². The number of amides is 1. The van der Waals surface area contributed by atoms with Gasteiger partial charge in [-0.1, -0.05) is 60.1 Å². The molecule has 33 heavy (non-hydrogen) atoms. The Labute approximate surface area is 202 Å². The summed E-state index contributed by atoms with van der Waals surface area (Å²) in [7, 11) is 0. The molecule has 1 unspecified atom stereocenters. The molecule has 0 aromatic heterocycles. The van der Waals surface area contributed by atoms with Gasteiger partial charge < -0.3 is 4.90 Å². The van der Waals surface area contributed by atoms with E-state index in [0.717, 1.165) is 54.2 Å². The Morgan fingerprint density at radius 2 is 1.42 bits per heavy atom. The van der Waals surface area contributed by atoms with Gasteiger partial charge in [-0.05, 0) is 85.3 Å². The maximum absolute atomic E-state index is 13.2. The number of piperidine rings is 1. The SMILES string of the molecule is O=C(c1ccc(-c2ccc(Cl)cc2)cc1)N1CCCC(c2ccc(CN3CCCC3)cc2)C1. The minimum atomic E-state index is 0.132. The molecular weight excluding hydrogens is 428 g/mol. The van der Waals surface area contributed by atoms with Crippen molar-refractivity contribution in [3.8, 4) is 11.1 Å². The summed E-state index contributed by atoms with van der Waals surface area (Å²) < 4.78 is 0. The molecule has 170 valence electrons. The molecule has 2 aliphatic heterocycles. The molecule has 0 spiro atoms. The fourth-order valence-corrected chi connectivity index (χ4v) is 5.28. The van der Waals surface area contributed by atoms with E-state index in [1.54, 1.807) is 0 Å². The van der Waals surface area contributed by atoms with Gasteiger partial charge in [-0.25, -0.2) is 0 Å². The molecule has 2 aliphatic rings. The first-order chi connectivity index (χ1) is 16.2. The van der Waals surface area contributed by atoms with Crippen molar-refractivity contribution in [1.29, 1.82) is 0 Å². The molecule has 1 amide bonds. The quantitative estimate of drug-likeness (QED) is 0.428. The Bertz CT molecular complexity index is 1070. The number of carbonyl (C=O) groups is 1. The minimum Gasteiger partial charge on any atom is -0.338 e. The number of carbonyl (C=O) groups excluding carboxylic acids is 1. The van der Waals surface area contributed by atoms with Crippen LogP contribution in [0.5, 0.6) is 0 Å². The lowest BCUT2D eigenvalue weighted by molar-refractivity contribution is 0.0707. The summed E-state index contributed by atoms with van der Waals surface area (Å²) in [5.41, 5.74) is 5.70. The highest BCUT2D eigenvalue weighted by Crippen LogP contribution is 2.29. The van der Waals surface area contributed by atoms with Crippen LogP contribution in [-0.2, 0) is 6.54 Å². The van der Waals surface area contributed by atoms with E-state index < -0.39 is 0 Å². The van der Waals surface area contributed by atoms with E-state index in [-0.39, 0.29) is 5.91 Å². The molecule has 2 fully saturated rings. The lowest BCUT2D eigenvalue weighted by Gasteiger charge is -2.33. The average molecular weight is 459 g/mol. The average Bonchev–Trinajstić information content (AvgIpc) is 3.38. The lowest BCUT2D eigenvalue weighted by atomic mass is 9.89. The maximum Gasteiger partial charge on any atom is 0.253 e. The molecule has 0 radical (unpaired) electrons. The van der Waals surface area contributed by atoms with E-state index in [1.165, 1.54) is 37.1 Å². The molecule has 4 heteroatoms. The minimum absolute atomic E-state index is 0.132. The number of likely N-dealkylation sites (tertiary alicyclic amines) is 2. The van der Waals surface area contributed by atoms with Crippen molar-refractivity contribution in [3.05, 3.63) is 94.5 Å². The van der Waals surface area contributed by atoms with Gasteiger partial charge in [0, 0.05) is 36.1 Å². The number of rotatable bonds is 5. The first-order valence-electron chi connectivity index (χ1n) is 12.1. The van der Waals surface area contributed by atoms with Gasteiger partial charge in [-0.3, -0.25) is 9.69 Å². The Hall–Kier alpha value is -2.62. The molecule has 2 saturated heterocycles. The van der Waals surface area contributed by atoms with Crippen LogP contribution in [0.25, 0.3) is 11.1 Å². The van der Waals surface area contributed by atoms with Crippen LogP contribution in [0.3, 0.4) is 0 Å². The molecule has 1 atom stereocenters. The molecular formula is C29H31ClN2O. The summed E-state index contributed by atoms with van der Waals surface area (Å²) >= 11 is 6.00. The van der Waals surface area contributed by atoms with Crippen LogP contribution in [0.2, 0.25) is 5.02 Å². The van der Waals surface area contributed by atoms with E-state index in [4.69, 9.17) is 11.6 Å². The highest BCUT2D eigenvalue weighted by Gasteiger charge is 2.25. The van der Waals surface area contributed by atoms with Gasteiger partial charge in [0.1, 0.15) is 0 Å². The molecule has 3 nitrogen and oxygen atoms in total. The zero-order valence-corrected chi connectivity index (χ0v) is 19.8. The fraction of sp³-hybridized carbons (Fsp3) is 0.345. The second-order valence-electron chi connectivity index (χ2n) is 9.40. The smallest absolute Gasteiger partial charge is 0.253 e. The van der Waals surface area contributed by atoms with E-state index in [1.807, 2.05) is 53.4 Å². The molecule has 3 aromatic rings. The molecule has 0 bridgehead atoms. The highest BCUT2D eigenvalue weighted by molar-refractivity contribution is 6.30. The van der Waals surface area contributed by atoms with Gasteiger partial charge in [0.05, 0.1) is 0 Å². The van der Waals surface area contributed by atoms with Crippen molar-refractivity contribution in [3.63, 3.8) is 0 Å². The van der Waals surface area contributed by atoms with Crippen LogP contribution in [-0.4, -0.2) is 41.9 Å². The normalized spacial score (nSPS) is 19.1. The summed E-state index contributed by atoms with van der Waals surface area (Å²) in [6.07, 6.45) is 4.85. The van der Waals surface area contributed by atoms with Gasteiger partial charge in [0.15, 0.2) is 0 Å². The number of hydrogen-bond acceptors (Lipinski definition) is 2. The molecule has 3 aromatic carbocycles. The first kappa shape index (κ1) is 22.2. The monoisotopic (exact) mass is 458 g/mol. The topological polar surface area (TPSA) is 23.6 Å². The van der Waals surface area contributed by atoms with E-state index in [2.05, 4.69) is 29.2 Å². The largest absolute Gasteiger partial charge is 0.338 e. The van der Waals surface area contributed by atoms with Crippen LogP contribution < -0.4 is 0 Å². The van der Waals surface area contributed by atoms with Crippen LogP contribution in [0.15, 0.2) is 72.8 Å². The Morgan fingerprint density at radius 1 is 0.788 bits per heavy atom. The predicted octanol–water partition coefficient (Wildman–Crippen LogP) is 6.62. The third-order valence-corrected chi connectivity index (χ3v) is 7.33. The zero-order chi connectivity index (χ0) is 22.6. The van der Waals surface area contributed by atoms with Gasteiger partial charge >= 0.3 is 0 Å². The van der Waals surface area contributed by atoms with E-state index in [0.29, 0.717) is 5.92 Å². The molecule has 0 N–H and O–H groups in total. The molecule has 0 aliphatic carbocycles. The Morgan fingerprint density at radius 3 is 2.09 bits per heavy atom. The second-order valence-corrected chi connectivity index (χ2v) is 9.84. The van der Waals surface area contributed by atoms with Crippen molar-refractivity contribution in [2.24, 2.45) is 0 Å². The predicted molar refractivity (Wildman–Crippen MR) is 136 cm³/mol. The van der Waals surface area contributed by atoms with Crippen molar-refractivity contribution in [1.82, 2.24) is 9.80 Å². The number of hydrogen-bond donors (Lipinski definition) is 0. The summed E-state index contributed by atoms with van der Waals surface area (Å²) in [6, 6.07) is 24.9. The zero-order valence-electron chi connectivity index (χ0n) is 19.1. The summed E-state index contributed by atoms with van der Waals surface area (Å²) in [5.74, 6) is 0.546. The van der Waals surface area contributed by atoms with Crippen LogP contribution in [0, 0.1) is 0 Å². The van der Waals surface area contributed by atoms with Gasteiger partial charge in [-0.2, -0.15) is 0 Å². The standard InChI is InChI=1S/C29H31ClN2O/c30-28-15-13-24(14-16-28)23-9-11-26(12-10-23)29(33)32-19-3-4-27(21-32)25-7-5-22(6-8-25)20-31-17-1-2-18-31/h5-16,27H,1-4,17-21H2. The Kier molecular flexibility index (Phi) is 6.80. The third kappa shape index (κ3) is 5.31. The van der Waals surface area contributed by atoms with Crippen molar-refractivity contribution in [2.45, 2.75) is 38.1 Å². The van der Waals surface area contributed by atoms with Gasteiger partial charge in [-0.15, -0.1) is 0 Å². The second kappa shape index (κ2) is 10.1. The maximum atomic E-state index is 13.2.